The van der Waals surface area contributed by atoms with Crippen LogP contribution < -0.4 is 0 Å². The lowest BCUT2D eigenvalue weighted by Crippen LogP contribution is -1.69. The molecule has 1 aromatic rings. The predicted octanol–water partition coefficient (Wildman–Crippen LogP) is 3.97. The molecule has 0 spiro atoms. The molecule has 1 rings (SSSR count). The van der Waals surface area contributed by atoms with E-state index in [0.717, 1.165) is 14.9 Å². The lowest BCUT2D eigenvalue weighted by atomic mass is 10.4. The van der Waals surface area contributed by atoms with Gasteiger partial charge in [-0.25, -0.2) is 0 Å². The number of nitrogens with zero attached hydrogens (tertiary/aromatic N) is 1. The molecule has 0 saturated heterocycles. The van der Waals surface area contributed by atoms with Crippen molar-refractivity contribution in [2.75, 3.05) is 0 Å². The molecule has 0 aromatic heterocycles. The zero-order valence-corrected chi connectivity index (χ0v) is 9.52. The molecule has 0 aliphatic heterocycles. The minimum absolute atomic E-state index is 0.727. The fraction of sp³-hybridized carbons (Fsp3) is 0.100. The largest absolute Gasteiger partial charge is 0.193 e. The Balaban J connectivity index is 2.71. The van der Waals surface area contributed by atoms with Crippen LogP contribution in [0.5, 0.6) is 0 Å². The highest BCUT2D eigenvalue weighted by molar-refractivity contribution is 9.10. The van der Waals surface area contributed by atoms with Gasteiger partial charge in [-0.15, -0.1) is 0 Å². The summed E-state index contributed by atoms with van der Waals surface area (Å²) in [4.78, 5) is 1.13. The van der Waals surface area contributed by atoms with Crippen molar-refractivity contribution in [2.45, 2.75) is 11.8 Å². The average Bonchev–Trinajstić information content (AvgIpc) is 2.14. The van der Waals surface area contributed by atoms with E-state index in [9.17, 15) is 0 Å². The van der Waals surface area contributed by atoms with Crippen molar-refractivity contribution in [2.24, 2.45) is 0 Å². The highest BCUT2D eigenvalue weighted by atomic mass is 79.9. The lowest BCUT2D eigenvalue weighted by Gasteiger charge is -1.96. The molecule has 0 N–H and O–H groups in total. The molecule has 66 valence electrons. The molecule has 1 aromatic carbocycles. The Labute approximate surface area is 90.6 Å². The molecule has 0 radical (unpaired) electrons. The van der Waals surface area contributed by atoms with Gasteiger partial charge < -0.3 is 0 Å². The van der Waals surface area contributed by atoms with Crippen LogP contribution in [-0.2, 0) is 0 Å². The molecular formula is C10H8BrNS. The molecule has 0 aliphatic rings. The van der Waals surface area contributed by atoms with Crippen LogP contribution in [0.1, 0.15) is 6.92 Å². The van der Waals surface area contributed by atoms with Crippen molar-refractivity contribution < 1.29 is 0 Å². The average molecular weight is 254 g/mol. The zero-order valence-electron chi connectivity index (χ0n) is 7.12. The Hall–Kier alpha value is -0.720. The topological polar surface area (TPSA) is 23.8 Å². The van der Waals surface area contributed by atoms with E-state index < -0.39 is 0 Å². The minimum atomic E-state index is 0.727. The molecule has 0 heterocycles. The Kier molecular flexibility index (Phi) is 4.07. The van der Waals surface area contributed by atoms with E-state index in [2.05, 4.69) is 22.0 Å². The van der Waals surface area contributed by atoms with Crippen LogP contribution in [0.15, 0.2) is 44.6 Å². The van der Waals surface area contributed by atoms with E-state index in [1.165, 1.54) is 0 Å². The first-order chi connectivity index (χ1) is 6.22. The summed E-state index contributed by atoms with van der Waals surface area (Å²) in [5, 5.41) is 10.4. The SMILES string of the molecule is CC(C#N)=CSc1cccc(Br)c1. The summed E-state index contributed by atoms with van der Waals surface area (Å²) in [6.07, 6.45) is 0. The standard InChI is InChI=1S/C10H8BrNS/c1-8(6-12)7-13-10-4-2-3-9(11)5-10/h2-5,7H,1H3. The Morgan fingerprint density at radius 2 is 2.38 bits per heavy atom. The monoisotopic (exact) mass is 253 g/mol. The van der Waals surface area contributed by atoms with Crippen molar-refractivity contribution in [1.82, 2.24) is 0 Å². The summed E-state index contributed by atoms with van der Waals surface area (Å²) >= 11 is 4.94. The van der Waals surface area contributed by atoms with Crippen LogP contribution in [0.25, 0.3) is 0 Å². The van der Waals surface area contributed by atoms with E-state index >= 15 is 0 Å². The van der Waals surface area contributed by atoms with E-state index in [1.807, 2.05) is 29.7 Å². The van der Waals surface area contributed by atoms with Crippen LogP contribution >= 0.6 is 27.7 Å². The third kappa shape index (κ3) is 3.67. The Morgan fingerprint density at radius 3 is 3.00 bits per heavy atom. The number of thioether (sulfide) groups is 1. The third-order valence-electron chi connectivity index (χ3n) is 1.34. The molecule has 0 saturated carbocycles. The molecule has 0 bridgehead atoms. The highest BCUT2D eigenvalue weighted by Crippen LogP contribution is 2.23. The van der Waals surface area contributed by atoms with Gasteiger partial charge in [-0.2, -0.15) is 5.26 Å². The normalized spacial score (nSPS) is 11.0. The molecule has 0 unspecified atom stereocenters. The van der Waals surface area contributed by atoms with Crippen LogP contribution in [0.4, 0.5) is 0 Å². The fourth-order valence-corrected chi connectivity index (χ4v) is 1.99. The van der Waals surface area contributed by atoms with Gasteiger partial charge in [0.05, 0.1) is 6.07 Å². The number of nitriles is 1. The lowest BCUT2D eigenvalue weighted by molar-refractivity contribution is 1.43. The van der Waals surface area contributed by atoms with Gasteiger partial charge >= 0.3 is 0 Å². The summed E-state index contributed by atoms with van der Waals surface area (Å²) in [7, 11) is 0. The molecule has 1 nitrogen and oxygen atoms in total. The van der Waals surface area contributed by atoms with Crippen molar-refractivity contribution >= 4 is 27.7 Å². The first kappa shape index (κ1) is 10.4. The van der Waals surface area contributed by atoms with Gasteiger partial charge in [0.2, 0.25) is 0 Å². The van der Waals surface area contributed by atoms with Crippen LogP contribution in [-0.4, -0.2) is 0 Å². The number of hydrogen-bond donors (Lipinski definition) is 0. The fourth-order valence-electron chi connectivity index (χ4n) is 0.723. The second-order valence-electron chi connectivity index (χ2n) is 2.49. The van der Waals surface area contributed by atoms with Crippen LogP contribution in [0, 0.1) is 11.3 Å². The Morgan fingerprint density at radius 1 is 1.62 bits per heavy atom. The molecule has 0 aliphatic carbocycles. The molecule has 3 heteroatoms. The van der Waals surface area contributed by atoms with Gasteiger partial charge in [-0.1, -0.05) is 33.8 Å². The summed E-state index contributed by atoms with van der Waals surface area (Å²) in [5.41, 5.74) is 0.727. The number of allylic oxidation sites excluding steroid dienone is 1. The summed E-state index contributed by atoms with van der Waals surface area (Å²) < 4.78 is 1.06. The van der Waals surface area contributed by atoms with Crippen molar-refractivity contribution in [3.05, 3.63) is 39.7 Å². The summed E-state index contributed by atoms with van der Waals surface area (Å²) in [5.74, 6) is 0. The highest BCUT2D eigenvalue weighted by Gasteiger charge is 1.92. The van der Waals surface area contributed by atoms with Crippen molar-refractivity contribution in [3.63, 3.8) is 0 Å². The maximum Gasteiger partial charge on any atom is 0.0949 e. The molecule has 13 heavy (non-hydrogen) atoms. The molecule has 0 amide bonds. The summed E-state index contributed by atoms with van der Waals surface area (Å²) in [6.45, 7) is 1.80. The number of benzene rings is 1. The van der Waals surface area contributed by atoms with E-state index in [-0.39, 0.29) is 0 Å². The Bertz CT molecular complexity index is 365. The quantitative estimate of drug-likeness (QED) is 0.589. The van der Waals surface area contributed by atoms with Crippen molar-refractivity contribution in [1.29, 1.82) is 5.26 Å². The molecule has 0 atom stereocenters. The second kappa shape index (κ2) is 5.11. The van der Waals surface area contributed by atoms with E-state index in [0.29, 0.717) is 0 Å². The molecular weight excluding hydrogens is 246 g/mol. The zero-order chi connectivity index (χ0) is 9.68. The van der Waals surface area contributed by atoms with Gasteiger partial charge in [-0.3, -0.25) is 0 Å². The first-order valence-corrected chi connectivity index (χ1v) is 5.39. The van der Waals surface area contributed by atoms with Gasteiger partial charge in [0, 0.05) is 14.9 Å². The smallest absolute Gasteiger partial charge is 0.0949 e. The van der Waals surface area contributed by atoms with Gasteiger partial charge in [0.25, 0.3) is 0 Å². The minimum Gasteiger partial charge on any atom is -0.193 e. The summed E-state index contributed by atoms with van der Waals surface area (Å²) in [6, 6.07) is 10.1. The van der Waals surface area contributed by atoms with Crippen LogP contribution in [0.3, 0.4) is 0 Å². The van der Waals surface area contributed by atoms with Crippen LogP contribution in [0.2, 0.25) is 0 Å². The number of hydrogen-bond acceptors (Lipinski definition) is 2. The second-order valence-corrected chi connectivity index (χ2v) is 4.35. The number of rotatable bonds is 2. The van der Waals surface area contributed by atoms with E-state index in [1.54, 1.807) is 18.7 Å². The van der Waals surface area contributed by atoms with Gasteiger partial charge in [0.15, 0.2) is 0 Å². The predicted molar refractivity (Wildman–Crippen MR) is 59.4 cm³/mol. The maximum absolute atomic E-state index is 8.53. The van der Waals surface area contributed by atoms with Gasteiger partial charge in [-0.05, 0) is 30.5 Å². The van der Waals surface area contributed by atoms with Crippen molar-refractivity contribution in [3.8, 4) is 6.07 Å². The number of halogens is 1. The third-order valence-corrected chi connectivity index (χ3v) is 2.83. The first-order valence-electron chi connectivity index (χ1n) is 3.71. The van der Waals surface area contributed by atoms with Gasteiger partial charge in [0.1, 0.15) is 0 Å². The van der Waals surface area contributed by atoms with E-state index in [4.69, 9.17) is 5.26 Å². The molecule has 0 fully saturated rings. The maximum atomic E-state index is 8.53.